The molecule has 1 aromatic carbocycles. The minimum Gasteiger partial charge on any atom is -0.368 e. The van der Waals surface area contributed by atoms with Crippen molar-refractivity contribution >= 4 is 22.8 Å². The molecule has 3 heterocycles. The van der Waals surface area contributed by atoms with Gasteiger partial charge in [0.15, 0.2) is 11.6 Å². The number of likely N-dealkylation sites (tertiary alicyclic amines) is 1. The normalized spacial score (nSPS) is 19.9. The number of fused-ring (bicyclic) bond motifs is 1. The minimum atomic E-state index is -0.964. The first kappa shape index (κ1) is 17.3. The van der Waals surface area contributed by atoms with Gasteiger partial charge in [0.2, 0.25) is 5.91 Å². The molecule has 7 nitrogen and oxygen atoms in total. The zero-order valence-electron chi connectivity index (χ0n) is 14.9. The van der Waals surface area contributed by atoms with Gasteiger partial charge >= 0.3 is 0 Å². The molecular formula is C18H18F2N6O. The van der Waals surface area contributed by atoms with Crippen molar-refractivity contribution in [2.75, 3.05) is 18.9 Å². The van der Waals surface area contributed by atoms with E-state index < -0.39 is 11.6 Å². The van der Waals surface area contributed by atoms with E-state index in [4.69, 9.17) is 0 Å². The minimum absolute atomic E-state index is 0.0224. The fraction of sp³-hybridized carbons (Fsp3) is 0.333. The summed E-state index contributed by atoms with van der Waals surface area (Å²) in [4.78, 5) is 22.3. The number of anilines is 1. The smallest absolute Gasteiger partial charge is 0.223 e. The maximum absolute atomic E-state index is 13.4. The summed E-state index contributed by atoms with van der Waals surface area (Å²) in [5.41, 5.74) is 1.52. The lowest BCUT2D eigenvalue weighted by molar-refractivity contribution is -0.127. The number of carbonyl (C=O) groups excluding carboxylic acids is 1. The van der Waals surface area contributed by atoms with E-state index in [0.29, 0.717) is 18.8 Å². The molecule has 1 aliphatic heterocycles. The van der Waals surface area contributed by atoms with Crippen LogP contribution < -0.4 is 5.32 Å². The van der Waals surface area contributed by atoms with Crippen LogP contribution in [0.1, 0.15) is 18.0 Å². The summed E-state index contributed by atoms with van der Waals surface area (Å²) < 4.78 is 28.4. The van der Waals surface area contributed by atoms with Gasteiger partial charge in [-0.3, -0.25) is 14.5 Å². The topological polar surface area (TPSA) is 75.9 Å². The Bertz CT molecular complexity index is 1020. The van der Waals surface area contributed by atoms with Gasteiger partial charge in [0.05, 0.1) is 29.5 Å². The van der Waals surface area contributed by atoms with Crippen LogP contribution in [0.25, 0.3) is 11.0 Å². The molecule has 1 saturated heterocycles. The number of nitrogens with one attached hydrogen (secondary N) is 1. The van der Waals surface area contributed by atoms with Crippen LogP contribution in [-0.4, -0.2) is 44.1 Å². The van der Waals surface area contributed by atoms with Crippen LogP contribution in [0.2, 0.25) is 0 Å². The molecule has 1 amide bonds. The molecule has 0 aliphatic carbocycles. The summed E-state index contributed by atoms with van der Waals surface area (Å²) >= 11 is 0. The fourth-order valence-electron chi connectivity index (χ4n) is 3.55. The third-order valence-corrected chi connectivity index (χ3v) is 4.89. The molecule has 3 aromatic rings. The number of carbonyl (C=O) groups is 1. The number of benzene rings is 1. The van der Waals surface area contributed by atoms with E-state index >= 15 is 0 Å². The van der Waals surface area contributed by atoms with Gasteiger partial charge in [-0.15, -0.1) is 0 Å². The lowest BCUT2D eigenvalue weighted by Crippen LogP contribution is -2.26. The van der Waals surface area contributed by atoms with Gasteiger partial charge in [0.1, 0.15) is 5.82 Å². The summed E-state index contributed by atoms with van der Waals surface area (Å²) in [6.45, 7) is 0.486. The molecule has 0 radical (unpaired) electrons. The Morgan fingerprint density at radius 1 is 1.19 bits per heavy atom. The Labute approximate surface area is 154 Å². The highest BCUT2D eigenvalue weighted by Crippen LogP contribution is 2.36. The Hall–Kier alpha value is -3.10. The molecule has 0 spiro atoms. The number of halogens is 2. The highest BCUT2D eigenvalue weighted by Gasteiger charge is 2.38. The number of amides is 1. The molecule has 4 rings (SSSR count). The SMILES string of the molecule is CN1C(=O)C[C@@H](CNc2cnc3cc(F)c(F)cc3n2)[C@@H]1c1cnn(C)c1. The van der Waals surface area contributed by atoms with Crippen molar-refractivity contribution in [2.45, 2.75) is 12.5 Å². The molecule has 0 unspecified atom stereocenters. The summed E-state index contributed by atoms with van der Waals surface area (Å²) in [6, 6.07) is 1.96. The first-order valence-corrected chi connectivity index (χ1v) is 8.52. The highest BCUT2D eigenvalue weighted by atomic mass is 19.2. The first-order chi connectivity index (χ1) is 12.9. The van der Waals surface area contributed by atoms with Crippen LogP contribution in [0, 0.1) is 17.6 Å². The van der Waals surface area contributed by atoms with Crippen molar-refractivity contribution in [3.63, 3.8) is 0 Å². The van der Waals surface area contributed by atoms with Gasteiger partial charge in [-0.2, -0.15) is 5.10 Å². The maximum atomic E-state index is 13.4. The number of aryl methyl sites for hydroxylation is 1. The molecule has 1 N–H and O–H groups in total. The molecular weight excluding hydrogens is 354 g/mol. The van der Waals surface area contributed by atoms with Crippen molar-refractivity contribution in [3.05, 3.63) is 47.9 Å². The number of rotatable bonds is 4. The van der Waals surface area contributed by atoms with E-state index in [9.17, 15) is 13.6 Å². The van der Waals surface area contributed by atoms with E-state index in [2.05, 4.69) is 20.4 Å². The summed E-state index contributed by atoms with van der Waals surface area (Å²) in [6.07, 6.45) is 5.54. The third kappa shape index (κ3) is 3.20. The predicted molar refractivity (Wildman–Crippen MR) is 94.8 cm³/mol. The van der Waals surface area contributed by atoms with E-state index in [1.54, 1.807) is 22.8 Å². The summed E-state index contributed by atoms with van der Waals surface area (Å²) in [7, 11) is 3.62. The second-order valence-electron chi connectivity index (χ2n) is 6.75. The van der Waals surface area contributed by atoms with Crippen LogP contribution >= 0.6 is 0 Å². The van der Waals surface area contributed by atoms with E-state index in [1.165, 1.54) is 6.20 Å². The van der Waals surface area contributed by atoms with Crippen molar-refractivity contribution in [2.24, 2.45) is 13.0 Å². The van der Waals surface area contributed by atoms with Crippen LogP contribution in [0.4, 0.5) is 14.6 Å². The van der Waals surface area contributed by atoms with Crippen LogP contribution in [0.3, 0.4) is 0 Å². The van der Waals surface area contributed by atoms with Gasteiger partial charge in [-0.05, 0) is 0 Å². The second-order valence-corrected chi connectivity index (χ2v) is 6.75. The largest absolute Gasteiger partial charge is 0.368 e. The average Bonchev–Trinajstić information content (AvgIpc) is 3.17. The van der Waals surface area contributed by atoms with E-state index in [-0.39, 0.29) is 28.9 Å². The standard InChI is InChI=1S/C18H18F2N6O/c1-25-9-11(7-23-25)18-10(3-17(27)26(18)2)6-22-16-8-21-14-4-12(19)13(20)5-15(14)24-16/h4-5,7-10,18H,3,6H2,1-2H3,(H,22,24)/t10-,18+/m0/s1. The number of hydrogen-bond donors (Lipinski definition) is 1. The number of hydrogen-bond acceptors (Lipinski definition) is 5. The molecule has 0 saturated carbocycles. The van der Waals surface area contributed by atoms with Gasteiger partial charge in [0.25, 0.3) is 0 Å². The molecule has 1 fully saturated rings. The Morgan fingerprint density at radius 2 is 1.93 bits per heavy atom. The zero-order chi connectivity index (χ0) is 19.1. The monoisotopic (exact) mass is 372 g/mol. The highest BCUT2D eigenvalue weighted by molar-refractivity contribution is 5.79. The van der Waals surface area contributed by atoms with Crippen LogP contribution in [0.5, 0.6) is 0 Å². The molecule has 27 heavy (non-hydrogen) atoms. The van der Waals surface area contributed by atoms with Gasteiger partial charge < -0.3 is 10.2 Å². The molecule has 1 aliphatic rings. The third-order valence-electron chi connectivity index (χ3n) is 4.89. The molecule has 9 heteroatoms. The summed E-state index contributed by atoms with van der Waals surface area (Å²) in [5.74, 6) is -1.38. The Morgan fingerprint density at radius 3 is 2.63 bits per heavy atom. The lowest BCUT2D eigenvalue weighted by atomic mass is 9.96. The van der Waals surface area contributed by atoms with Gasteiger partial charge in [0, 0.05) is 56.9 Å². The first-order valence-electron chi connectivity index (χ1n) is 8.52. The zero-order valence-corrected chi connectivity index (χ0v) is 14.9. The quantitative estimate of drug-likeness (QED) is 0.760. The van der Waals surface area contributed by atoms with Gasteiger partial charge in [-0.1, -0.05) is 0 Å². The molecule has 0 bridgehead atoms. The lowest BCUT2D eigenvalue weighted by Gasteiger charge is -2.24. The second kappa shape index (κ2) is 6.57. The maximum Gasteiger partial charge on any atom is 0.223 e. The van der Waals surface area contributed by atoms with Crippen molar-refractivity contribution in [1.82, 2.24) is 24.6 Å². The number of nitrogens with zero attached hydrogens (tertiary/aromatic N) is 5. The molecule has 140 valence electrons. The van der Waals surface area contributed by atoms with Crippen molar-refractivity contribution in [1.29, 1.82) is 0 Å². The van der Waals surface area contributed by atoms with Crippen LogP contribution in [-0.2, 0) is 11.8 Å². The fourth-order valence-corrected chi connectivity index (χ4v) is 3.55. The average molecular weight is 372 g/mol. The van der Waals surface area contributed by atoms with Crippen LogP contribution in [0.15, 0.2) is 30.7 Å². The summed E-state index contributed by atoms with van der Waals surface area (Å²) in [5, 5.41) is 7.36. The Kier molecular flexibility index (Phi) is 4.21. The Balaban J connectivity index is 1.54. The van der Waals surface area contributed by atoms with Crippen molar-refractivity contribution < 1.29 is 13.6 Å². The van der Waals surface area contributed by atoms with Gasteiger partial charge in [-0.25, -0.2) is 13.8 Å². The number of aromatic nitrogens is 4. The molecule has 2 aromatic heterocycles. The van der Waals surface area contributed by atoms with E-state index in [1.807, 2.05) is 13.2 Å². The molecule has 2 atom stereocenters. The van der Waals surface area contributed by atoms with E-state index in [0.717, 1.165) is 17.7 Å². The predicted octanol–water partition coefficient (Wildman–Crippen LogP) is 2.27. The van der Waals surface area contributed by atoms with Crippen molar-refractivity contribution in [3.8, 4) is 0 Å².